The third-order valence-electron chi connectivity index (χ3n) is 1.37. The first-order valence-corrected chi connectivity index (χ1v) is 4.26. The molecule has 0 amide bonds. The highest BCUT2D eigenvalue weighted by Gasteiger charge is 1.96. The van der Waals surface area contributed by atoms with Crippen LogP contribution in [-0.2, 0) is 0 Å². The fraction of sp³-hybridized carbons (Fsp3) is 0.250. The van der Waals surface area contributed by atoms with Crippen molar-refractivity contribution < 1.29 is 4.39 Å². The van der Waals surface area contributed by atoms with Crippen LogP contribution in [0.5, 0.6) is 0 Å². The van der Waals surface area contributed by atoms with Crippen LogP contribution < -0.4 is 0 Å². The van der Waals surface area contributed by atoms with E-state index in [9.17, 15) is 4.39 Å². The van der Waals surface area contributed by atoms with Gasteiger partial charge in [0.15, 0.2) is 0 Å². The van der Waals surface area contributed by atoms with E-state index in [1.807, 2.05) is 13.2 Å². The first kappa shape index (κ1) is 7.61. The standard InChI is InChI=1S/C8H9FS/c1-6-3-4-7(9)5-8(6)10-2/h3-5H,1-2H3. The van der Waals surface area contributed by atoms with Gasteiger partial charge in [0.25, 0.3) is 0 Å². The van der Waals surface area contributed by atoms with Crippen molar-refractivity contribution in [2.75, 3.05) is 6.26 Å². The molecule has 0 aliphatic carbocycles. The largest absolute Gasteiger partial charge is 0.207 e. The Kier molecular flexibility index (Phi) is 2.33. The Morgan fingerprint density at radius 2 is 2.10 bits per heavy atom. The number of hydrogen-bond donors (Lipinski definition) is 0. The zero-order chi connectivity index (χ0) is 7.56. The molecule has 0 saturated heterocycles. The highest BCUT2D eigenvalue weighted by atomic mass is 32.2. The van der Waals surface area contributed by atoms with Crippen molar-refractivity contribution in [1.82, 2.24) is 0 Å². The van der Waals surface area contributed by atoms with Crippen LogP contribution in [0.3, 0.4) is 0 Å². The fourth-order valence-corrected chi connectivity index (χ4v) is 1.41. The van der Waals surface area contributed by atoms with Gasteiger partial charge in [0.1, 0.15) is 5.82 Å². The molecule has 54 valence electrons. The van der Waals surface area contributed by atoms with Gasteiger partial charge in [0, 0.05) is 4.90 Å². The molecule has 0 atom stereocenters. The Morgan fingerprint density at radius 3 is 2.60 bits per heavy atom. The van der Waals surface area contributed by atoms with Gasteiger partial charge >= 0.3 is 0 Å². The van der Waals surface area contributed by atoms with Gasteiger partial charge in [0.05, 0.1) is 0 Å². The minimum absolute atomic E-state index is 0.157. The molecule has 0 nitrogen and oxygen atoms in total. The SMILES string of the molecule is CSc1cc(F)ccc1C. The summed E-state index contributed by atoms with van der Waals surface area (Å²) in [6.45, 7) is 1.98. The number of rotatable bonds is 1. The molecule has 0 N–H and O–H groups in total. The van der Waals surface area contributed by atoms with Gasteiger partial charge in [-0.3, -0.25) is 0 Å². The summed E-state index contributed by atoms with van der Waals surface area (Å²) in [6.07, 6.45) is 1.95. The molecule has 0 spiro atoms. The van der Waals surface area contributed by atoms with E-state index in [4.69, 9.17) is 0 Å². The van der Waals surface area contributed by atoms with E-state index in [-0.39, 0.29) is 5.82 Å². The monoisotopic (exact) mass is 156 g/mol. The second-order valence-electron chi connectivity index (χ2n) is 2.11. The van der Waals surface area contributed by atoms with Crippen LogP contribution in [0.4, 0.5) is 4.39 Å². The van der Waals surface area contributed by atoms with E-state index >= 15 is 0 Å². The van der Waals surface area contributed by atoms with Gasteiger partial charge in [-0.1, -0.05) is 6.07 Å². The zero-order valence-electron chi connectivity index (χ0n) is 6.02. The molecule has 0 aliphatic rings. The molecule has 1 aromatic carbocycles. The Hall–Kier alpha value is -0.500. The van der Waals surface area contributed by atoms with Gasteiger partial charge < -0.3 is 0 Å². The predicted molar refractivity (Wildman–Crippen MR) is 42.9 cm³/mol. The van der Waals surface area contributed by atoms with Crippen molar-refractivity contribution in [2.45, 2.75) is 11.8 Å². The van der Waals surface area contributed by atoms with E-state index in [1.54, 1.807) is 23.9 Å². The second kappa shape index (κ2) is 3.06. The maximum absolute atomic E-state index is 12.5. The number of thioether (sulfide) groups is 1. The third kappa shape index (κ3) is 1.51. The third-order valence-corrected chi connectivity index (χ3v) is 2.25. The Labute approximate surface area is 64.4 Å². The summed E-state index contributed by atoms with van der Waals surface area (Å²) in [5.41, 5.74) is 1.13. The quantitative estimate of drug-likeness (QED) is 0.563. The van der Waals surface area contributed by atoms with Crippen LogP contribution >= 0.6 is 11.8 Å². The van der Waals surface area contributed by atoms with Crippen molar-refractivity contribution >= 4 is 11.8 Å². The molecule has 0 aliphatic heterocycles. The molecule has 1 rings (SSSR count). The van der Waals surface area contributed by atoms with Gasteiger partial charge in [-0.05, 0) is 30.9 Å². The summed E-state index contributed by atoms with van der Waals surface area (Å²) >= 11 is 1.57. The summed E-state index contributed by atoms with van der Waals surface area (Å²) in [5.74, 6) is -0.157. The lowest BCUT2D eigenvalue weighted by Gasteiger charge is -1.99. The summed E-state index contributed by atoms with van der Waals surface area (Å²) < 4.78 is 12.5. The molecule has 0 fully saturated rings. The minimum atomic E-state index is -0.157. The summed E-state index contributed by atoms with van der Waals surface area (Å²) in [7, 11) is 0. The molecular formula is C8H9FS. The number of benzene rings is 1. The van der Waals surface area contributed by atoms with E-state index in [1.165, 1.54) is 6.07 Å². The zero-order valence-corrected chi connectivity index (χ0v) is 6.83. The van der Waals surface area contributed by atoms with Crippen LogP contribution in [0, 0.1) is 12.7 Å². The Morgan fingerprint density at radius 1 is 1.40 bits per heavy atom. The average Bonchev–Trinajstić information content (AvgIpc) is 1.94. The van der Waals surface area contributed by atoms with Crippen molar-refractivity contribution in [3.63, 3.8) is 0 Å². The highest BCUT2D eigenvalue weighted by Crippen LogP contribution is 2.19. The number of hydrogen-bond acceptors (Lipinski definition) is 1. The summed E-state index contributed by atoms with van der Waals surface area (Å²) in [6, 6.07) is 4.83. The van der Waals surface area contributed by atoms with E-state index < -0.39 is 0 Å². The number of aryl methyl sites for hydroxylation is 1. The smallest absolute Gasteiger partial charge is 0.124 e. The van der Waals surface area contributed by atoms with Crippen molar-refractivity contribution in [1.29, 1.82) is 0 Å². The number of halogens is 1. The molecule has 0 bridgehead atoms. The van der Waals surface area contributed by atoms with Gasteiger partial charge in [-0.2, -0.15) is 0 Å². The van der Waals surface area contributed by atoms with E-state index in [0.717, 1.165) is 10.5 Å². The van der Waals surface area contributed by atoms with Crippen molar-refractivity contribution in [3.8, 4) is 0 Å². The average molecular weight is 156 g/mol. The predicted octanol–water partition coefficient (Wildman–Crippen LogP) is 2.86. The maximum Gasteiger partial charge on any atom is 0.124 e. The summed E-state index contributed by atoms with van der Waals surface area (Å²) in [4.78, 5) is 1.01. The van der Waals surface area contributed by atoms with Crippen LogP contribution in [-0.4, -0.2) is 6.26 Å². The minimum Gasteiger partial charge on any atom is -0.207 e. The lowest BCUT2D eigenvalue weighted by atomic mass is 10.2. The Balaban J connectivity index is 3.09. The van der Waals surface area contributed by atoms with Gasteiger partial charge in [-0.15, -0.1) is 11.8 Å². The maximum atomic E-state index is 12.5. The summed E-state index contributed by atoms with van der Waals surface area (Å²) in [5, 5.41) is 0. The molecule has 0 unspecified atom stereocenters. The van der Waals surface area contributed by atoms with Crippen LogP contribution in [0.15, 0.2) is 23.1 Å². The molecule has 1 aromatic rings. The first-order chi connectivity index (χ1) is 4.74. The van der Waals surface area contributed by atoms with Crippen LogP contribution in [0.2, 0.25) is 0 Å². The van der Waals surface area contributed by atoms with Crippen LogP contribution in [0.25, 0.3) is 0 Å². The molecule has 2 heteroatoms. The topological polar surface area (TPSA) is 0 Å². The van der Waals surface area contributed by atoms with Gasteiger partial charge in [0.2, 0.25) is 0 Å². The first-order valence-electron chi connectivity index (χ1n) is 3.04. The van der Waals surface area contributed by atoms with Gasteiger partial charge in [-0.25, -0.2) is 4.39 Å². The molecule has 0 heterocycles. The molecule has 0 aromatic heterocycles. The molecule has 10 heavy (non-hydrogen) atoms. The van der Waals surface area contributed by atoms with E-state index in [2.05, 4.69) is 0 Å². The molecular weight excluding hydrogens is 147 g/mol. The normalized spacial score (nSPS) is 9.90. The van der Waals surface area contributed by atoms with Crippen LogP contribution in [0.1, 0.15) is 5.56 Å². The van der Waals surface area contributed by atoms with E-state index in [0.29, 0.717) is 0 Å². The lowest BCUT2D eigenvalue weighted by Crippen LogP contribution is -1.79. The molecule has 0 radical (unpaired) electrons. The fourth-order valence-electron chi connectivity index (χ4n) is 0.794. The van der Waals surface area contributed by atoms with Crippen molar-refractivity contribution in [3.05, 3.63) is 29.6 Å². The molecule has 0 saturated carbocycles. The second-order valence-corrected chi connectivity index (χ2v) is 2.96. The highest BCUT2D eigenvalue weighted by molar-refractivity contribution is 7.98. The van der Waals surface area contributed by atoms with Crippen molar-refractivity contribution in [2.24, 2.45) is 0 Å². The Bertz CT molecular complexity index is 233. The lowest BCUT2D eigenvalue weighted by molar-refractivity contribution is 0.623.